The van der Waals surface area contributed by atoms with E-state index in [-0.39, 0.29) is 16.8 Å². The van der Waals surface area contributed by atoms with Gasteiger partial charge >= 0.3 is 5.97 Å². The first kappa shape index (κ1) is 41.5. The number of carbonyl (C=O) groups excluding carboxylic acids is 2. The molecule has 44 heavy (non-hydrogen) atoms. The standard InChI is InChI=1S/C32H52O5.C4H8F2O/c1-24(2)30(5,6)23-32(9,31(7,8)25(3)4)29(34)37-21-14-12-11-13-20-36-27-18-17-26(16-15-19-33)22-28(27)35-10;1-4(5,6)3-7-2/h15-19,22,24-25H,11-14,20-21,23H2,1-10H3;3H2,1-2H3/b16-15+;. The third-order valence-corrected chi connectivity index (χ3v) is 9.17. The molecule has 0 fully saturated rings. The zero-order valence-electron chi connectivity index (χ0n) is 29.5. The van der Waals surface area contributed by atoms with Crippen LogP contribution in [0.1, 0.15) is 107 Å². The largest absolute Gasteiger partial charge is 0.493 e. The summed E-state index contributed by atoms with van der Waals surface area (Å²) < 4.78 is 44.6. The highest BCUT2D eigenvalue weighted by Crippen LogP contribution is 2.53. The van der Waals surface area contributed by atoms with Crippen molar-refractivity contribution >= 4 is 18.3 Å². The number of alkyl halides is 2. The average Bonchev–Trinajstić information content (AvgIpc) is 2.92. The van der Waals surface area contributed by atoms with E-state index in [4.69, 9.17) is 14.2 Å². The van der Waals surface area contributed by atoms with Crippen LogP contribution in [0, 0.1) is 28.1 Å². The fourth-order valence-corrected chi connectivity index (χ4v) is 4.69. The van der Waals surface area contributed by atoms with Crippen LogP contribution in [0.5, 0.6) is 11.5 Å². The third kappa shape index (κ3) is 14.1. The summed E-state index contributed by atoms with van der Waals surface area (Å²) in [7, 11) is 2.85. The number of esters is 1. The first-order chi connectivity index (χ1) is 20.3. The predicted molar refractivity (Wildman–Crippen MR) is 175 cm³/mol. The normalized spacial score (nSPS) is 13.8. The van der Waals surface area contributed by atoms with E-state index in [1.54, 1.807) is 13.2 Å². The quantitative estimate of drug-likeness (QED) is 0.0659. The fourth-order valence-electron chi connectivity index (χ4n) is 4.69. The molecule has 6 nitrogen and oxygen atoms in total. The molecule has 0 aliphatic heterocycles. The molecule has 1 rings (SSSR count). The van der Waals surface area contributed by atoms with Crippen LogP contribution < -0.4 is 9.47 Å². The van der Waals surface area contributed by atoms with Gasteiger partial charge in [-0.1, -0.05) is 67.5 Å². The summed E-state index contributed by atoms with van der Waals surface area (Å²) in [6.07, 6.45) is 8.45. The van der Waals surface area contributed by atoms with Gasteiger partial charge in [0.15, 0.2) is 11.5 Å². The van der Waals surface area contributed by atoms with Crippen molar-refractivity contribution in [3.63, 3.8) is 0 Å². The van der Waals surface area contributed by atoms with Gasteiger partial charge in [0.1, 0.15) is 12.9 Å². The van der Waals surface area contributed by atoms with Crippen LogP contribution in [-0.4, -0.2) is 52.2 Å². The van der Waals surface area contributed by atoms with E-state index in [1.165, 1.54) is 13.2 Å². The summed E-state index contributed by atoms with van der Waals surface area (Å²) in [6.45, 7) is 21.3. The summed E-state index contributed by atoms with van der Waals surface area (Å²) in [5, 5.41) is 0. The minimum Gasteiger partial charge on any atom is -0.493 e. The lowest BCUT2D eigenvalue weighted by Crippen LogP contribution is -2.49. The minimum absolute atomic E-state index is 0.0368. The predicted octanol–water partition coefficient (Wildman–Crippen LogP) is 9.44. The van der Waals surface area contributed by atoms with Crippen LogP contribution in [0.3, 0.4) is 0 Å². The number of aldehydes is 1. The molecule has 0 aliphatic carbocycles. The van der Waals surface area contributed by atoms with E-state index in [0.717, 1.165) is 50.9 Å². The lowest BCUT2D eigenvalue weighted by Gasteiger charge is -2.49. The van der Waals surface area contributed by atoms with E-state index in [0.29, 0.717) is 36.5 Å². The third-order valence-electron chi connectivity index (χ3n) is 9.17. The van der Waals surface area contributed by atoms with Gasteiger partial charge in [0.2, 0.25) is 0 Å². The van der Waals surface area contributed by atoms with Crippen LogP contribution in [0.15, 0.2) is 24.3 Å². The summed E-state index contributed by atoms with van der Waals surface area (Å²) in [5.41, 5.74) is 0.180. The van der Waals surface area contributed by atoms with E-state index in [1.807, 2.05) is 18.2 Å². The Balaban J connectivity index is 0.00000234. The molecule has 0 spiro atoms. The van der Waals surface area contributed by atoms with Crippen molar-refractivity contribution in [1.82, 2.24) is 0 Å². The Morgan fingerprint density at radius 2 is 1.45 bits per heavy atom. The Bertz CT molecular complexity index is 1010. The number of unbranched alkanes of at least 4 members (excludes halogenated alkanes) is 3. The number of hydrogen-bond acceptors (Lipinski definition) is 6. The second-order valence-corrected chi connectivity index (χ2v) is 13.8. The highest BCUT2D eigenvalue weighted by atomic mass is 19.3. The Hall–Kier alpha value is -2.48. The van der Waals surface area contributed by atoms with Gasteiger partial charge < -0.3 is 18.9 Å². The van der Waals surface area contributed by atoms with E-state index in [9.17, 15) is 18.4 Å². The maximum Gasteiger partial charge on any atom is 0.312 e. The number of carbonyl (C=O) groups is 2. The molecule has 0 aromatic heterocycles. The smallest absolute Gasteiger partial charge is 0.312 e. The highest BCUT2D eigenvalue weighted by molar-refractivity contribution is 5.77. The van der Waals surface area contributed by atoms with Crippen molar-refractivity contribution in [3.05, 3.63) is 29.8 Å². The Labute approximate surface area is 266 Å². The maximum absolute atomic E-state index is 13.5. The van der Waals surface area contributed by atoms with Gasteiger partial charge in [-0.2, -0.15) is 0 Å². The molecule has 0 amide bonds. The molecule has 1 atom stereocenters. The minimum atomic E-state index is -2.67. The van der Waals surface area contributed by atoms with Crippen LogP contribution in [0.2, 0.25) is 0 Å². The highest BCUT2D eigenvalue weighted by Gasteiger charge is 2.52. The van der Waals surface area contributed by atoms with Crippen LogP contribution >= 0.6 is 0 Å². The molecule has 8 heteroatoms. The molecular weight excluding hydrogens is 566 g/mol. The molecule has 0 radical (unpaired) electrons. The molecule has 0 saturated carbocycles. The van der Waals surface area contributed by atoms with Crippen molar-refractivity contribution in [2.45, 2.75) is 107 Å². The molecule has 1 unspecified atom stereocenters. The fraction of sp³-hybridized carbons (Fsp3) is 0.722. The van der Waals surface area contributed by atoms with Gasteiger partial charge in [-0.3, -0.25) is 9.59 Å². The lowest BCUT2D eigenvalue weighted by molar-refractivity contribution is -0.169. The number of benzene rings is 1. The van der Waals surface area contributed by atoms with Crippen LogP contribution in [-0.2, 0) is 19.1 Å². The first-order valence-corrected chi connectivity index (χ1v) is 15.8. The number of hydrogen-bond donors (Lipinski definition) is 0. The van der Waals surface area contributed by atoms with Crippen molar-refractivity contribution in [2.24, 2.45) is 28.1 Å². The molecule has 1 aromatic carbocycles. The van der Waals surface area contributed by atoms with Crippen LogP contribution in [0.4, 0.5) is 8.78 Å². The molecular formula is C36H60F2O6. The first-order valence-electron chi connectivity index (χ1n) is 15.8. The summed E-state index contributed by atoms with van der Waals surface area (Å²) >= 11 is 0. The number of halogens is 2. The number of methoxy groups -OCH3 is 2. The number of allylic oxidation sites excluding steroid dienone is 1. The Morgan fingerprint density at radius 3 is 1.91 bits per heavy atom. The second kappa shape index (κ2) is 19.1. The van der Waals surface area contributed by atoms with Gasteiger partial charge in [-0.25, -0.2) is 8.78 Å². The summed E-state index contributed by atoms with van der Waals surface area (Å²) in [6, 6.07) is 5.60. The monoisotopic (exact) mass is 626 g/mol. The zero-order valence-corrected chi connectivity index (χ0v) is 29.5. The Kier molecular flexibility index (Phi) is 18.0. The van der Waals surface area contributed by atoms with E-state index >= 15 is 0 Å². The molecule has 0 heterocycles. The van der Waals surface area contributed by atoms with Crippen molar-refractivity contribution in [2.75, 3.05) is 34.0 Å². The molecule has 1 aromatic rings. The SMILES string of the molecule is COCC(C)(F)F.COc1cc(/C=C/C=O)ccc1OCCCCCCOC(=O)C(C)(CC(C)(C)C(C)C)C(C)(C)C(C)C. The molecule has 254 valence electrons. The topological polar surface area (TPSA) is 71.1 Å². The maximum atomic E-state index is 13.5. The van der Waals surface area contributed by atoms with Gasteiger partial charge in [0.25, 0.3) is 5.92 Å². The van der Waals surface area contributed by atoms with Gasteiger partial charge in [0, 0.05) is 14.0 Å². The zero-order chi connectivity index (χ0) is 34.2. The molecule has 0 bridgehead atoms. The lowest BCUT2D eigenvalue weighted by atomic mass is 9.55. The summed E-state index contributed by atoms with van der Waals surface area (Å²) in [5.74, 6) is -0.571. The van der Waals surface area contributed by atoms with E-state index < -0.39 is 17.9 Å². The van der Waals surface area contributed by atoms with Crippen molar-refractivity contribution < 1.29 is 37.3 Å². The molecule has 0 aliphatic rings. The Morgan fingerprint density at radius 1 is 0.864 bits per heavy atom. The van der Waals surface area contributed by atoms with Crippen molar-refractivity contribution in [1.29, 1.82) is 0 Å². The number of rotatable bonds is 19. The molecule has 0 N–H and O–H groups in total. The van der Waals surface area contributed by atoms with Gasteiger partial charge in [-0.05, 0) is 85.5 Å². The van der Waals surface area contributed by atoms with Gasteiger partial charge in [0.05, 0.1) is 25.7 Å². The summed E-state index contributed by atoms with van der Waals surface area (Å²) in [4.78, 5) is 24.0. The molecule has 0 saturated heterocycles. The average molecular weight is 627 g/mol. The van der Waals surface area contributed by atoms with E-state index in [2.05, 4.69) is 67.1 Å². The second-order valence-electron chi connectivity index (χ2n) is 13.8. The number of ether oxygens (including phenoxy) is 4. The van der Waals surface area contributed by atoms with Crippen LogP contribution in [0.25, 0.3) is 6.08 Å². The van der Waals surface area contributed by atoms with Crippen molar-refractivity contribution in [3.8, 4) is 11.5 Å². The van der Waals surface area contributed by atoms with Gasteiger partial charge in [-0.15, -0.1) is 0 Å².